The minimum Gasteiger partial charge on any atom is -0.492 e. The molecular formula is C56H69FN12O7S2. The van der Waals surface area contributed by atoms with Gasteiger partial charge < -0.3 is 35.4 Å². The van der Waals surface area contributed by atoms with Crippen molar-refractivity contribution in [3.8, 4) is 5.75 Å². The number of nitrogens with one attached hydrogen (secondary N) is 4. The van der Waals surface area contributed by atoms with Gasteiger partial charge in [0.1, 0.15) is 51.2 Å². The summed E-state index contributed by atoms with van der Waals surface area (Å²) in [4.78, 5) is 79.2. The van der Waals surface area contributed by atoms with E-state index in [1.807, 2.05) is 26.0 Å². The molecule has 3 atom stereocenters. The molecule has 414 valence electrons. The molecular weight excluding hydrogens is 1040 g/mol. The number of aromatic amines is 1. The van der Waals surface area contributed by atoms with Crippen LogP contribution in [0, 0.1) is 31.5 Å². The van der Waals surface area contributed by atoms with Gasteiger partial charge in [-0.25, -0.2) is 32.7 Å². The molecule has 0 saturated carbocycles. The van der Waals surface area contributed by atoms with Gasteiger partial charge >= 0.3 is 0 Å². The summed E-state index contributed by atoms with van der Waals surface area (Å²) in [5, 5.41) is 19.4. The normalized spacial score (nSPS) is 17.5. The number of sulfone groups is 1. The molecule has 4 N–H and O–H groups in total. The fourth-order valence-electron chi connectivity index (χ4n) is 10.4. The number of hydrogen-bond acceptors (Lipinski definition) is 16. The highest BCUT2D eigenvalue weighted by atomic mass is 32.2. The quantitative estimate of drug-likeness (QED) is 0.0473. The zero-order chi connectivity index (χ0) is 55.5. The number of carbonyl (C=O) groups is 4. The van der Waals surface area contributed by atoms with Crippen molar-refractivity contribution in [3.63, 3.8) is 0 Å². The molecule has 2 aromatic carbocycles. The number of pyridine rings is 1. The fourth-order valence-corrected chi connectivity index (χ4v) is 12.7. The number of halogens is 1. The summed E-state index contributed by atoms with van der Waals surface area (Å²) in [6, 6.07) is 10.6. The standard InChI is InChI=1S/C56H69FN12O7S2/c1-33-34(2)65-66-50(33)64-51-41-28-46(78(74,75)56(4,5)6)45(29-42(41)60-32-61-51)76-27-9-10-36-18-23-67(24-19-36)47-17-14-39(30-59-47)54(72)68-25-20-37(21-26-68)48(63-52(71)35(3)58-7)55(73)69-22-8-11-44(69)53-62-43(31-77-53)49(70)38-12-15-40(57)16-13-38/h12-17,28-32,35-37,44,48,58H,8-11,18-27H2,1-7H3,(H,63,71)(H2,60,61,64,65,66)/t35?,44-,48?/m0/s1. The molecule has 6 aromatic rings. The number of benzene rings is 2. The summed E-state index contributed by atoms with van der Waals surface area (Å²) >= 11 is 1.31. The number of nitrogens with zero attached hydrogens (tertiary/aromatic N) is 8. The Morgan fingerprint density at radius 2 is 1.64 bits per heavy atom. The lowest BCUT2D eigenvalue weighted by Gasteiger charge is -2.38. The van der Waals surface area contributed by atoms with Gasteiger partial charge in [-0.1, -0.05) is 0 Å². The first-order valence-corrected chi connectivity index (χ1v) is 29.2. The average molecular weight is 1110 g/mol. The number of amides is 3. The minimum atomic E-state index is -3.83. The van der Waals surface area contributed by atoms with Crippen molar-refractivity contribution in [2.75, 3.05) is 56.6 Å². The molecule has 4 aromatic heterocycles. The number of carbonyl (C=O) groups excluding carboxylic acids is 4. The van der Waals surface area contributed by atoms with Gasteiger partial charge in [0.05, 0.1) is 34.5 Å². The van der Waals surface area contributed by atoms with Crippen LogP contribution in [0.1, 0.15) is 128 Å². The number of likely N-dealkylation sites (tertiary alicyclic amines) is 2. The van der Waals surface area contributed by atoms with Crippen molar-refractivity contribution in [2.24, 2.45) is 11.8 Å². The summed E-state index contributed by atoms with van der Waals surface area (Å²) < 4.78 is 46.7. The van der Waals surface area contributed by atoms with Gasteiger partial charge in [-0.15, -0.1) is 11.3 Å². The minimum absolute atomic E-state index is 0.0892. The van der Waals surface area contributed by atoms with Crippen molar-refractivity contribution in [3.05, 3.63) is 105 Å². The third-order valence-electron chi connectivity index (χ3n) is 15.6. The number of fused-ring (bicyclic) bond motifs is 1. The largest absolute Gasteiger partial charge is 0.492 e. The lowest BCUT2D eigenvalue weighted by molar-refractivity contribution is -0.139. The van der Waals surface area contributed by atoms with E-state index in [-0.39, 0.29) is 51.8 Å². The molecule has 0 bridgehead atoms. The predicted molar refractivity (Wildman–Crippen MR) is 296 cm³/mol. The topological polar surface area (TPSA) is 238 Å². The van der Waals surface area contributed by atoms with Crippen LogP contribution in [0.5, 0.6) is 5.75 Å². The average Bonchev–Trinajstić information content (AvgIpc) is 4.26. The molecule has 3 aliphatic heterocycles. The predicted octanol–water partition coefficient (Wildman–Crippen LogP) is 7.89. The van der Waals surface area contributed by atoms with Crippen LogP contribution in [-0.2, 0) is 19.4 Å². The van der Waals surface area contributed by atoms with Crippen LogP contribution in [-0.4, -0.2) is 135 Å². The molecule has 2 unspecified atom stereocenters. The Hall–Kier alpha value is -6.91. The van der Waals surface area contributed by atoms with E-state index >= 15 is 0 Å². The number of thiazole rings is 1. The maximum Gasteiger partial charge on any atom is 0.255 e. The van der Waals surface area contributed by atoms with Gasteiger partial charge in [0, 0.05) is 72.6 Å². The second kappa shape index (κ2) is 23.6. The van der Waals surface area contributed by atoms with Crippen molar-refractivity contribution in [2.45, 2.75) is 121 Å². The first kappa shape index (κ1) is 55.8. The summed E-state index contributed by atoms with van der Waals surface area (Å²) in [6.07, 6.45) is 8.99. The lowest BCUT2D eigenvalue weighted by Crippen LogP contribution is -2.57. The van der Waals surface area contributed by atoms with Crippen LogP contribution in [0.15, 0.2) is 71.3 Å². The van der Waals surface area contributed by atoms with Crippen LogP contribution < -0.4 is 25.6 Å². The first-order chi connectivity index (χ1) is 37.3. The second-order valence-corrected chi connectivity index (χ2v) is 25.2. The molecule has 3 saturated heterocycles. The summed E-state index contributed by atoms with van der Waals surface area (Å²) in [5.41, 5.74) is 3.41. The number of ketones is 1. The number of anilines is 3. The van der Waals surface area contributed by atoms with E-state index in [9.17, 15) is 32.0 Å². The molecule has 78 heavy (non-hydrogen) atoms. The zero-order valence-corrected chi connectivity index (χ0v) is 46.9. The molecule has 19 nitrogen and oxygen atoms in total. The van der Waals surface area contributed by atoms with Crippen LogP contribution >= 0.6 is 11.3 Å². The molecule has 3 amide bonds. The SMILES string of the molecule is CNC(C)C(=O)NC(C(=O)N1CCC[C@H]1c1nc(C(=O)c2ccc(F)cc2)cs1)C1CCN(C(=O)c2ccc(N3CCC(CCCOc4cc5ncnc(Nc6n[nH]c(C)c6C)c5cc4S(=O)(=O)C(C)(C)C)CC3)nc2)CC1. The van der Waals surface area contributed by atoms with E-state index in [0.717, 1.165) is 62.3 Å². The van der Waals surface area contributed by atoms with Gasteiger partial charge in [-0.05, 0) is 154 Å². The number of hydrogen-bond donors (Lipinski definition) is 4. The lowest BCUT2D eigenvalue weighted by atomic mass is 9.87. The number of ether oxygens (including phenoxy) is 1. The van der Waals surface area contributed by atoms with E-state index in [2.05, 4.69) is 46.0 Å². The van der Waals surface area contributed by atoms with Crippen molar-refractivity contribution in [1.82, 2.24) is 50.6 Å². The van der Waals surface area contributed by atoms with E-state index < -0.39 is 32.5 Å². The van der Waals surface area contributed by atoms with E-state index in [1.165, 1.54) is 41.9 Å². The molecule has 7 heterocycles. The van der Waals surface area contributed by atoms with Crippen LogP contribution in [0.25, 0.3) is 10.9 Å². The van der Waals surface area contributed by atoms with E-state index in [1.54, 1.807) is 68.3 Å². The molecule has 0 spiro atoms. The van der Waals surface area contributed by atoms with Gasteiger partial charge in [0.25, 0.3) is 5.91 Å². The highest BCUT2D eigenvalue weighted by Gasteiger charge is 2.42. The third kappa shape index (κ3) is 12.0. The summed E-state index contributed by atoms with van der Waals surface area (Å²) in [5.74, 6) is 0.895. The van der Waals surface area contributed by atoms with Gasteiger partial charge in [0.2, 0.25) is 17.6 Å². The maximum absolute atomic E-state index is 14.6. The Morgan fingerprint density at radius 3 is 2.31 bits per heavy atom. The van der Waals surface area contributed by atoms with Gasteiger partial charge in [0.15, 0.2) is 15.7 Å². The Bertz CT molecular complexity index is 3260. The van der Waals surface area contributed by atoms with Crippen LogP contribution in [0.3, 0.4) is 0 Å². The van der Waals surface area contributed by atoms with Crippen molar-refractivity contribution < 1.29 is 36.7 Å². The third-order valence-corrected chi connectivity index (χ3v) is 19.1. The molecule has 3 aliphatic rings. The second-order valence-electron chi connectivity index (χ2n) is 21.7. The number of H-pyrrole nitrogens is 1. The Labute approximate surface area is 458 Å². The summed E-state index contributed by atoms with van der Waals surface area (Å²) in [7, 11) is -2.14. The Balaban J connectivity index is 0.770. The zero-order valence-electron chi connectivity index (χ0n) is 45.3. The Morgan fingerprint density at radius 1 is 0.910 bits per heavy atom. The van der Waals surface area contributed by atoms with Crippen molar-refractivity contribution in [1.29, 1.82) is 0 Å². The van der Waals surface area contributed by atoms with E-state index in [0.29, 0.717) is 90.1 Å². The highest BCUT2D eigenvalue weighted by molar-refractivity contribution is 7.92. The highest BCUT2D eigenvalue weighted by Crippen LogP contribution is 2.39. The summed E-state index contributed by atoms with van der Waals surface area (Å²) in [6.45, 7) is 13.8. The molecule has 22 heteroatoms. The molecule has 0 aliphatic carbocycles. The fraction of sp³-hybridized carbons (Fsp3) is 0.482. The van der Waals surface area contributed by atoms with Gasteiger partial charge in [-0.3, -0.25) is 24.3 Å². The maximum atomic E-state index is 14.6. The number of piperidine rings is 2. The first-order valence-electron chi connectivity index (χ1n) is 26.8. The molecule has 9 rings (SSSR count). The molecule has 0 radical (unpaired) electrons. The Kier molecular flexibility index (Phi) is 16.9. The molecule has 3 fully saturated rings. The van der Waals surface area contributed by atoms with Crippen LogP contribution in [0.4, 0.5) is 21.8 Å². The monoisotopic (exact) mass is 1100 g/mol. The number of rotatable bonds is 18. The smallest absolute Gasteiger partial charge is 0.255 e. The van der Waals surface area contributed by atoms with E-state index in [4.69, 9.17) is 9.72 Å². The number of likely N-dealkylation sites (N-methyl/N-ethyl adjacent to an activating group) is 1. The van der Waals surface area contributed by atoms with Crippen molar-refractivity contribution >= 4 is 73.0 Å². The number of aromatic nitrogens is 6. The number of aryl methyl sites for hydroxylation is 1. The van der Waals surface area contributed by atoms with Crippen LogP contribution in [0.2, 0.25) is 0 Å². The van der Waals surface area contributed by atoms with Gasteiger partial charge in [-0.2, -0.15) is 5.10 Å².